The van der Waals surface area contributed by atoms with E-state index in [2.05, 4.69) is 65.2 Å². The minimum absolute atomic E-state index is 0.0269. The monoisotopic (exact) mass is 649 g/mol. The summed E-state index contributed by atoms with van der Waals surface area (Å²) < 4.78 is 5.57. The van der Waals surface area contributed by atoms with Gasteiger partial charge in [0.2, 0.25) is 5.91 Å². The zero-order valence-corrected chi connectivity index (χ0v) is 28.3. The van der Waals surface area contributed by atoms with Crippen molar-refractivity contribution in [2.45, 2.75) is 25.8 Å². The summed E-state index contributed by atoms with van der Waals surface area (Å²) in [5.41, 5.74) is 11.6. The van der Waals surface area contributed by atoms with Gasteiger partial charge in [-0.1, -0.05) is 12.1 Å². The number of amides is 2. The Hall–Kier alpha value is -4.83. The highest BCUT2D eigenvalue weighted by Gasteiger charge is 2.49. The molecular weight excluding hydrogens is 602 g/mol. The van der Waals surface area contributed by atoms with Crippen molar-refractivity contribution < 1.29 is 14.3 Å². The number of nitrogens with two attached hydrogens (primary N) is 1. The number of ether oxygens (including phenoxy) is 1. The summed E-state index contributed by atoms with van der Waals surface area (Å²) in [7, 11) is 5.69. The second kappa shape index (κ2) is 14.1. The number of nitrogens with one attached hydrogen (secondary N) is 1. The van der Waals surface area contributed by atoms with E-state index in [1.807, 2.05) is 40.1 Å². The van der Waals surface area contributed by atoms with E-state index in [0.29, 0.717) is 54.9 Å². The van der Waals surface area contributed by atoms with Crippen LogP contribution in [-0.4, -0.2) is 94.8 Å². The Morgan fingerprint density at radius 3 is 2.15 bits per heavy atom. The van der Waals surface area contributed by atoms with Crippen molar-refractivity contribution in [3.05, 3.63) is 89.6 Å². The van der Waals surface area contributed by atoms with Crippen LogP contribution in [0.1, 0.15) is 40.7 Å². The van der Waals surface area contributed by atoms with Crippen molar-refractivity contribution in [1.82, 2.24) is 9.80 Å². The molecule has 3 saturated heterocycles. The second-order valence-electron chi connectivity index (χ2n) is 13.3. The van der Waals surface area contributed by atoms with Gasteiger partial charge >= 0.3 is 0 Å². The number of hydrogen-bond acceptors (Lipinski definition) is 8. The maximum Gasteiger partial charge on any atom is 0.253 e. The van der Waals surface area contributed by atoms with Gasteiger partial charge in [-0.15, -0.1) is 0 Å². The van der Waals surface area contributed by atoms with Gasteiger partial charge in [0.25, 0.3) is 5.91 Å². The summed E-state index contributed by atoms with van der Waals surface area (Å²) in [6.45, 7) is 6.61. The SMILES string of the molecule is COc1cc(N2CCC3(CCN(C(=O)c4ccc(N5CCN(Cc6ccc(N(C)C)cc6)CC5)cc4)CC3)C2=O)ccc1/C(C=N)=C/N. The Morgan fingerprint density at radius 1 is 0.896 bits per heavy atom. The number of piperazine rings is 1. The molecule has 48 heavy (non-hydrogen) atoms. The molecule has 3 aromatic rings. The minimum atomic E-state index is -0.457. The third-order valence-electron chi connectivity index (χ3n) is 10.4. The number of carbonyl (C=O) groups is 2. The average Bonchev–Trinajstić information content (AvgIpc) is 3.44. The van der Waals surface area contributed by atoms with Crippen LogP contribution in [0.25, 0.3) is 5.57 Å². The summed E-state index contributed by atoms with van der Waals surface area (Å²) >= 11 is 0. The van der Waals surface area contributed by atoms with Crippen LogP contribution in [0, 0.1) is 10.8 Å². The number of likely N-dealkylation sites (tertiary alicyclic amines) is 1. The lowest BCUT2D eigenvalue weighted by atomic mass is 9.77. The molecule has 3 aliphatic heterocycles. The Bertz CT molecular complexity index is 1650. The molecule has 3 heterocycles. The van der Waals surface area contributed by atoms with Crippen LogP contribution >= 0.6 is 0 Å². The Balaban J connectivity index is 1.01. The topological polar surface area (TPSA) is 109 Å². The van der Waals surface area contributed by atoms with E-state index in [1.54, 1.807) is 7.11 Å². The van der Waals surface area contributed by atoms with Crippen LogP contribution < -0.4 is 25.2 Å². The van der Waals surface area contributed by atoms with Gasteiger partial charge in [0, 0.05) is 119 Å². The van der Waals surface area contributed by atoms with E-state index >= 15 is 0 Å². The average molecular weight is 650 g/mol. The normalized spacial score (nSPS) is 18.4. The molecule has 1 spiro atoms. The number of allylic oxidation sites excluding steroid dienone is 1. The van der Waals surface area contributed by atoms with Gasteiger partial charge in [-0.25, -0.2) is 0 Å². The van der Waals surface area contributed by atoms with E-state index in [-0.39, 0.29) is 11.8 Å². The van der Waals surface area contributed by atoms with Crippen LogP contribution in [0.5, 0.6) is 5.75 Å². The number of methoxy groups -OCH3 is 1. The Labute approximate surface area is 283 Å². The van der Waals surface area contributed by atoms with Crippen LogP contribution in [0.15, 0.2) is 72.9 Å². The molecule has 0 unspecified atom stereocenters. The predicted molar refractivity (Wildman–Crippen MR) is 193 cm³/mol. The molecule has 10 heteroatoms. The van der Waals surface area contributed by atoms with Crippen LogP contribution in [0.3, 0.4) is 0 Å². The van der Waals surface area contributed by atoms with Crippen LogP contribution in [0.2, 0.25) is 0 Å². The summed E-state index contributed by atoms with van der Waals surface area (Å²) in [5.74, 6) is 0.703. The van der Waals surface area contributed by atoms with E-state index in [9.17, 15) is 9.59 Å². The Morgan fingerprint density at radius 2 is 1.54 bits per heavy atom. The first-order valence-electron chi connectivity index (χ1n) is 16.8. The number of piperidine rings is 1. The third kappa shape index (κ3) is 6.62. The fourth-order valence-corrected chi connectivity index (χ4v) is 7.29. The smallest absolute Gasteiger partial charge is 0.253 e. The first-order valence-corrected chi connectivity index (χ1v) is 16.8. The first kappa shape index (κ1) is 33.1. The van der Waals surface area contributed by atoms with Crippen molar-refractivity contribution in [3.63, 3.8) is 0 Å². The maximum atomic E-state index is 13.8. The van der Waals surface area contributed by atoms with Crippen LogP contribution in [0.4, 0.5) is 17.1 Å². The molecule has 3 N–H and O–H groups in total. The molecule has 0 bridgehead atoms. The molecule has 0 aromatic heterocycles. The molecule has 3 aromatic carbocycles. The van der Waals surface area contributed by atoms with Crippen molar-refractivity contribution in [2.75, 3.05) is 81.7 Å². The second-order valence-corrected chi connectivity index (χ2v) is 13.3. The zero-order valence-electron chi connectivity index (χ0n) is 28.3. The van der Waals surface area contributed by atoms with Gasteiger partial charge in [0.1, 0.15) is 5.75 Å². The fourth-order valence-electron chi connectivity index (χ4n) is 7.29. The van der Waals surface area contributed by atoms with Gasteiger partial charge in [-0.05, 0) is 73.4 Å². The van der Waals surface area contributed by atoms with E-state index in [4.69, 9.17) is 15.9 Å². The molecular formula is C38H47N7O3. The summed E-state index contributed by atoms with van der Waals surface area (Å²) in [5, 5.41) is 7.63. The molecule has 0 radical (unpaired) electrons. The van der Waals surface area contributed by atoms with Gasteiger partial charge in [0.15, 0.2) is 0 Å². The highest BCUT2D eigenvalue weighted by molar-refractivity contribution is 6.09. The van der Waals surface area contributed by atoms with Crippen molar-refractivity contribution in [2.24, 2.45) is 11.1 Å². The third-order valence-corrected chi connectivity index (χ3v) is 10.4. The lowest BCUT2D eigenvalue weighted by molar-refractivity contribution is -0.127. The number of anilines is 3. The molecule has 6 rings (SSSR count). The maximum absolute atomic E-state index is 13.8. The number of rotatable bonds is 9. The Kier molecular flexibility index (Phi) is 9.73. The standard InChI is InChI=1S/C38H47N7O3/c1-41(2)31-8-4-28(5-9-31)27-42-20-22-43(23-21-42)32-10-6-29(7-11-32)36(46)44-17-14-38(15-18-44)16-19-45(37(38)47)33-12-13-34(30(25-39)26-40)35(24-33)48-3/h4-13,24-26,39H,14-23,27,40H2,1-3H3/b30-26+,39-25?. The van der Waals surface area contributed by atoms with Crippen LogP contribution in [-0.2, 0) is 11.3 Å². The fraction of sp³-hybridized carbons (Fsp3) is 0.395. The molecule has 3 fully saturated rings. The first-order chi connectivity index (χ1) is 23.2. The molecule has 252 valence electrons. The van der Waals surface area contributed by atoms with E-state index in [0.717, 1.165) is 50.5 Å². The molecule has 10 nitrogen and oxygen atoms in total. The number of nitrogens with zero attached hydrogens (tertiary/aromatic N) is 5. The molecule has 3 aliphatic rings. The minimum Gasteiger partial charge on any atom is -0.496 e. The summed E-state index contributed by atoms with van der Waals surface area (Å²) in [4.78, 5) is 38.0. The van der Waals surface area contributed by atoms with E-state index < -0.39 is 5.41 Å². The highest BCUT2D eigenvalue weighted by Crippen LogP contribution is 2.44. The van der Waals surface area contributed by atoms with Crippen molar-refractivity contribution in [3.8, 4) is 5.75 Å². The van der Waals surface area contributed by atoms with Gasteiger partial charge < -0.3 is 35.5 Å². The predicted octanol–water partition coefficient (Wildman–Crippen LogP) is 4.69. The van der Waals surface area contributed by atoms with Gasteiger partial charge in [-0.2, -0.15) is 0 Å². The number of hydrogen-bond donors (Lipinski definition) is 2. The molecule has 0 atom stereocenters. The number of benzene rings is 3. The molecule has 0 saturated carbocycles. The highest BCUT2D eigenvalue weighted by atomic mass is 16.5. The van der Waals surface area contributed by atoms with Gasteiger partial charge in [0.05, 0.1) is 12.5 Å². The van der Waals surface area contributed by atoms with Crippen molar-refractivity contribution in [1.29, 1.82) is 5.41 Å². The van der Waals surface area contributed by atoms with Gasteiger partial charge in [-0.3, -0.25) is 14.5 Å². The van der Waals surface area contributed by atoms with Crippen molar-refractivity contribution >= 4 is 40.7 Å². The molecule has 0 aliphatic carbocycles. The summed E-state index contributed by atoms with van der Waals surface area (Å²) in [6, 6.07) is 22.4. The number of carbonyl (C=O) groups excluding carboxylic acids is 2. The lowest BCUT2D eigenvalue weighted by Crippen LogP contribution is -2.46. The summed E-state index contributed by atoms with van der Waals surface area (Å²) in [6.07, 6.45) is 4.63. The molecule has 2 amide bonds. The van der Waals surface area contributed by atoms with E-state index in [1.165, 1.54) is 23.7 Å². The lowest BCUT2D eigenvalue weighted by Gasteiger charge is -2.38. The quantitative estimate of drug-likeness (QED) is 0.324. The zero-order chi connectivity index (χ0) is 33.8. The largest absolute Gasteiger partial charge is 0.496 e.